The fourth-order valence-electron chi connectivity index (χ4n) is 4.77. The van der Waals surface area contributed by atoms with Crippen LogP contribution in [-0.4, -0.2) is 46.5 Å². The number of carbonyl (C=O) groups is 1. The second-order valence-corrected chi connectivity index (χ2v) is 8.97. The first kappa shape index (κ1) is 22.3. The molecule has 1 amide bonds. The van der Waals surface area contributed by atoms with E-state index in [1.807, 2.05) is 39.9 Å². The molecule has 2 N–H and O–H groups in total. The highest BCUT2D eigenvalue weighted by atomic mass is 19.1. The summed E-state index contributed by atoms with van der Waals surface area (Å²) >= 11 is 0. The van der Waals surface area contributed by atoms with Gasteiger partial charge in [-0.25, -0.2) is 8.78 Å². The molecule has 4 aromatic rings. The minimum atomic E-state index is -0.764. The van der Waals surface area contributed by atoms with Crippen LogP contribution in [0.2, 0.25) is 0 Å². The molecule has 2 aromatic carbocycles. The molecule has 0 aliphatic carbocycles. The Morgan fingerprint density at radius 1 is 1.08 bits per heavy atom. The molecule has 1 fully saturated rings. The number of hydrogen-bond acceptors (Lipinski definition) is 5. The zero-order chi connectivity index (χ0) is 24.8. The lowest BCUT2D eigenvalue weighted by Gasteiger charge is -2.27. The van der Waals surface area contributed by atoms with Gasteiger partial charge in [-0.05, 0) is 47.4 Å². The van der Waals surface area contributed by atoms with E-state index in [0.29, 0.717) is 18.8 Å². The second kappa shape index (κ2) is 8.80. The molecule has 2 aliphatic rings. The minimum Gasteiger partial charge on any atom is -0.339 e. The Bertz CT molecular complexity index is 1630. The number of azo groups is 1. The van der Waals surface area contributed by atoms with Crippen LogP contribution in [0.25, 0.3) is 27.5 Å². The molecule has 8 nitrogen and oxygen atoms in total. The largest absolute Gasteiger partial charge is 0.339 e. The number of rotatable bonds is 4. The lowest BCUT2D eigenvalue weighted by atomic mass is 10.0. The van der Waals surface area contributed by atoms with E-state index in [4.69, 9.17) is 0 Å². The molecule has 10 heteroatoms. The van der Waals surface area contributed by atoms with Crippen LogP contribution < -0.4 is 10.9 Å². The van der Waals surface area contributed by atoms with Crippen molar-refractivity contribution < 1.29 is 13.6 Å². The number of amides is 1. The lowest BCUT2D eigenvalue weighted by molar-refractivity contribution is -0.132. The number of benzene rings is 2. The Labute approximate surface area is 203 Å². The Kier molecular flexibility index (Phi) is 5.45. The molecule has 1 saturated heterocycles. The van der Waals surface area contributed by atoms with Gasteiger partial charge in [0.1, 0.15) is 24.2 Å². The van der Waals surface area contributed by atoms with Crippen LogP contribution in [0.3, 0.4) is 0 Å². The number of nitrogens with one attached hydrogen (secondary N) is 2. The number of pyridine rings is 1. The third-order valence-electron chi connectivity index (χ3n) is 6.67. The molecular formula is C26H22F2N6O2. The fraction of sp³-hybridized carbons (Fsp3) is 0.231. The second-order valence-electron chi connectivity index (χ2n) is 8.97. The number of aromatic nitrogens is 2. The lowest BCUT2D eigenvalue weighted by Crippen LogP contribution is -2.47. The van der Waals surface area contributed by atoms with E-state index in [1.54, 1.807) is 6.08 Å². The van der Waals surface area contributed by atoms with Gasteiger partial charge < -0.3 is 19.8 Å². The maximum absolute atomic E-state index is 14.3. The maximum Gasteiger partial charge on any atom is 0.257 e. The van der Waals surface area contributed by atoms with Gasteiger partial charge in [0.05, 0.1) is 16.8 Å². The van der Waals surface area contributed by atoms with Crippen molar-refractivity contribution in [2.75, 3.05) is 26.2 Å². The first-order valence-electron chi connectivity index (χ1n) is 11.7. The monoisotopic (exact) mass is 488 g/mol. The number of aromatic amines is 1. The van der Waals surface area contributed by atoms with Crippen LogP contribution in [0.1, 0.15) is 17.2 Å². The zero-order valence-electron chi connectivity index (χ0n) is 19.2. The summed E-state index contributed by atoms with van der Waals surface area (Å²) in [6, 6.07) is 10.6. The summed E-state index contributed by atoms with van der Waals surface area (Å²) in [5.74, 6) is -1.43. The van der Waals surface area contributed by atoms with E-state index in [-0.39, 0.29) is 28.9 Å². The normalized spacial score (nSPS) is 17.8. The van der Waals surface area contributed by atoms with Crippen molar-refractivity contribution in [1.29, 1.82) is 0 Å². The number of H-pyrrole nitrogens is 1. The van der Waals surface area contributed by atoms with Gasteiger partial charge in [-0.15, -0.1) is 0 Å². The van der Waals surface area contributed by atoms with Crippen LogP contribution in [0.5, 0.6) is 0 Å². The highest BCUT2D eigenvalue weighted by molar-refractivity contribution is 5.85. The molecule has 4 heterocycles. The van der Waals surface area contributed by atoms with Gasteiger partial charge in [0.25, 0.3) is 5.56 Å². The zero-order valence-corrected chi connectivity index (χ0v) is 19.2. The predicted octanol–water partition coefficient (Wildman–Crippen LogP) is 3.74. The summed E-state index contributed by atoms with van der Waals surface area (Å²) in [5.41, 5.74) is 1.88. The molecule has 0 spiro atoms. The van der Waals surface area contributed by atoms with Crippen molar-refractivity contribution in [3.8, 4) is 0 Å². The van der Waals surface area contributed by atoms with E-state index < -0.39 is 23.2 Å². The summed E-state index contributed by atoms with van der Waals surface area (Å²) in [4.78, 5) is 29.7. The van der Waals surface area contributed by atoms with Gasteiger partial charge in [-0.3, -0.25) is 9.59 Å². The fourth-order valence-corrected chi connectivity index (χ4v) is 4.77. The first-order chi connectivity index (χ1) is 17.5. The molecule has 0 bridgehead atoms. The summed E-state index contributed by atoms with van der Waals surface area (Å²) in [6.07, 6.45) is 3.64. The van der Waals surface area contributed by atoms with Gasteiger partial charge in [-0.2, -0.15) is 10.2 Å². The number of hydrogen-bond donors (Lipinski definition) is 2. The number of piperazine rings is 1. The van der Waals surface area contributed by atoms with Crippen molar-refractivity contribution >= 4 is 33.4 Å². The van der Waals surface area contributed by atoms with Gasteiger partial charge in [-0.1, -0.05) is 6.07 Å². The first-order valence-corrected chi connectivity index (χ1v) is 11.7. The highest BCUT2D eigenvalue weighted by Gasteiger charge is 2.21. The van der Waals surface area contributed by atoms with Crippen molar-refractivity contribution in [3.05, 3.63) is 87.9 Å². The predicted molar refractivity (Wildman–Crippen MR) is 131 cm³/mol. The smallest absolute Gasteiger partial charge is 0.257 e. The summed E-state index contributed by atoms with van der Waals surface area (Å²) < 4.78 is 29.7. The highest BCUT2D eigenvalue weighted by Crippen LogP contribution is 2.33. The topological polar surface area (TPSA) is 94.8 Å². The van der Waals surface area contributed by atoms with Crippen LogP contribution in [-0.2, 0) is 11.3 Å². The average molecular weight is 488 g/mol. The van der Waals surface area contributed by atoms with Crippen LogP contribution >= 0.6 is 0 Å². The van der Waals surface area contributed by atoms with E-state index in [9.17, 15) is 18.4 Å². The number of carbonyl (C=O) groups excluding carboxylic acids is 1. The molecule has 0 saturated carbocycles. The van der Waals surface area contributed by atoms with Gasteiger partial charge in [0.2, 0.25) is 5.91 Å². The summed E-state index contributed by atoms with van der Waals surface area (Å²) in [7, 11) is 0. The Morgan fingerprint density at radius 2 is 1.92 bits per heavy atom. The van der Waals surface area contributed by atoms with Gasteiger partial charge >= 0.3 is 0 Å². The van der Waals surface area contributed by atoms with Crippen molar-refractivity contribution in [3.63, 3.8) is 0 Å². The van der Waals surface area contributed by atoms with E-state index in [0.717, 1.165) is 41.7 Å². The average Bonchev–Trinajstić information content (AvgIpc) is 3.51. The standard InChI is InChI=1S/C26H22F2N6O2/c27-17-10-20(28)18-12-19(26(36)30-22(18)11-17)23-13-21(31-32-23)15-1-2-24-16(9-15)3-6-34(24)14-25(35)33-7-4-29-5-8-33/h1-3,6,9-13,21,29H,4-5,7-8,14H2,(H,30,36). The van der Waals surface area contributed by atoms with E-state index in [2.05, 4.69) is 20.5 Å². The van der Waals surface area contributed by atoms with Crippen LogP contribution in [0, 0.1) is 11.6 Å². The van der Waals surface area contributed by atoms with E-state index in [1.165, 1.54) is 6.07 Å². The molecule has 0 radical (unpaired) electrons. The van der Waals surface area contributed by atoms with Crippen molar-refractivity contribution in [2.24, 2.45) is 10.2 Å². The number of halogens is 2. The molecule has 36 heavy (non-hydrogen) atoms. The van der Waals surface area contributed by atoms with Gasteiger partial charge in [0, 0.05) is 49.3 Å². The molecule has 6 rings (SSSR count). The SMILES string of the molecule is O=C(Cn1ccc2cc(C3C=C(c4cc5c(F)cc(F)cc5[nH]c4=O)N=N3)ccc21)N1CCNCC1. The molecule has 1 unspecified atom stereocenters. The molecule has 2 aliphatic heterocycles. The van der Waals surface area contributed by atoms with Crippen LogP contribution in [0.4, 0.5) is 8.78 Å². The Balaban J connectivity index is 1.26. The number of nitrogens with zero attached hydrogens (tertiary/aromatic N) is 4. The third-order valence-corrected chi connectivity index (χ3v) is 6.67. The summed E-state index contributed by atoms with van der Waals surface area (Å²) in [6.45, 7) is 3.33. The van der Waals surface area contributed by atoms with Crippen LogP contribution in [0.15, 0.2) is 69.8 Å². The van der Waals surface area contributed by atoms with Crippen molar-refractivity contribution in [1.82, 2.24) is 19.8 Å². The molecular weight excluding hydrogens is 466 g/mol. The molecule has 182 valence electrons. The minimum absolute atomic E-state index is 0.0822. The number of fused-ring (bicyclic) bond motifs is 2. The molecule has 1 atom stereocenters. The Hall–Kier alpha value is -4.18. The molecule has 2 aromatic heterocycles. The third kappa shape index (κ3) is 3.99. The quantitative estimate of drug-likeness (QED) is 0.458. The maximum atomic E-state index is 14.3. The Morgan fingerprint density at radius 3 is 2.75 bits per heavy atom. The van der Waals surface area contributed by atoms with Crippen molar-refractivity contribution in [2.45, 2.75) is 12.6 Å². The summed E-state index contributed by atoms with van der Waals surface area (Å²) in [5, 5.41) is 12.8. The van der Waals surface area contributed by atoms with Gasteiger partial charge in [0.15, 0.2) is 0 Å². The van der Waals surface area contributed by atoms with E-state index >= 15 is 0 Å².